The van der Waals surface area contributed by atoms with Gasteiger partial charge in [0.15, 0.2) is 0 Å². The van der Waals surface area contributed by atoms with Crippen LogP contribution in [0.3, 0.4) is 0 Å². The highest BCUT2D eigenvalue weighted by atomic mass is 16.4. The van der Waals surface area contributed by atoms with Gasteiger partial charge in [-0.25, -0.2) is 4.79 Å². The molecular weight excluding hydrogens is 190 g/mol. The van der Waals surface area contributed by atoms with Gasteiger partial charge in [-0.15, -0.1) is 0 Å². The van der Waals surface area contributed by atoms with Crippen molar-refractivity contribution >= 4 is 5.97 Å². The van der Waals surface area contributed by atoms with Crippen LogP contribution in [0.1, 0.15) is 33.1 Å². The van der Waals surface area contributed by atoms with Crippen LogP contribution in [-0.2, 0) is 4.79 Å². The van der Waals surface area contributed by atoms with Crippen molar-refractivity contribution in [1.29, 1.82) is 0 Å². The van der Waals surface area contributed by atoms with Gasteiger partial charge in [0.05, 0.1) is 0 Å². The number of nitrogens with one attached hydrogen (secondary N) is 1. The molecule has 0 aromatic heterocycles. The molecule has 0 radical (unpaired) electrons. The molecule has 3 heteroatoms. The molecule has 1 fully saturated rings. The fourth-order valence-corrected chi connectivity index (χ4v) is 2.46. The van der Waals surface area contributed by atoms with Gasteiger partial charge in [0.2, 0.25) is 0 Å². The molecule has 1 rings (SSSR count). The van der Waals surface area contributed by atoms with Crippen molar-refractivity contribution in [3.05, 3.63) is 12.2 Å². The monoisotopic (exact) mass is 211 g/mol. The summed E-state index contributed by atoms with van der Waals surface area (Å²) < 4.78 is 0. The third-order valence-corrected chi connectivity index (χ3v) is 3.09. The average Bonchev–Trinajstić information content (AvgIpc) is 2.12. The number of hydrogen-bond acceptors (Lipinski definition) is 2. The molecule has 0 amide bonds. The van der Waals surface area contributed by atoms with Crippen LogP contribution in [-0.4, -0.2) is 23.7 Å². The van der Waals surface area contributed by atoms with Crippen molar-refractivity contribution in [3.8, 4) is 0 Å². The highest BCUT2D eigenvalue weighted by Crippen LogP contribution is 2.28. The summed E-state index contributed by atoms with van der Waals surface area (Å²) in [6.07, 6.45) is 3.59. The van der Waals surface area contributed by atoms with E-state index in [0.29, 0.717) is 12.6 Å². The number of carboxylic acids is 1. The molecule has 0 spiro atoms. The van der Waals surface area contributed by atoms with Crippen molar-refractivity contribution in [3.63, 3.8) is 0 Å². The van der Waals surface area contributed by atoms with E-state index in [0.717, 1.165) is 24.7 Å². The zero-order chi connectivity index (χ0) is 11.4. The number of carboxylic acid groups (broad SMARTS) is 1. The number of aliphatic carboxylic acids is 1. The Morgan fingerprint density at radius 1 is 1.33 bits per heavy atom. The first kappa shape index (κ1) is 12.2. The van der Waals surface area contributed by atoms with Gasteiger partial charge in [0.1, 0.15) is 0 Å². The van der Waals surface area contributed by atoms with Crippen molar-refractivity contribution in [2.45, 2.75) is 39.2 Å². The van der Waals surface area contributed by atoms with E-state index in [9.17, 15) is 4.79 Å². The summed E-state index contributed by atoms with van der Waals surface area (Å²) in [5.41, 5.74) is 0.251. The normalized spacial score (nSPS) is 31.2. The van der Waals surface area contributed by atoms with Crippen LogP contribution in [0, 0.1) is 11.8 Å². The largest absolute Gasteiger partial charge is 0.478 e. The molecule has 0 heterocycles. The Bertz CT molecular complexity index is 240. The second-order valence-corrected chi connectivity index (χ2v) is 4.90. The van der Waals surface area contributed by atoms with Crippen LogP contribution in [0.15, 0.2) is 12.2 Å². The zero-order valence-electron chi connectivity index (χ0n) is 9.62. The minimum atomic E-state index is -0.903. The quantitative estimate of drug-likeness (QED) is 0.700. The molecule has 0 aromatic rings. The van der Waals surface area contributed by atoms with Gasteiger partial charge < -0.3 is 10.4 Å². The molecule has 0 aromatic carbocycles. The van der Waals surface area contributed by atoms with Gasteiger partial charge in [0.25, 0.3) is 0 Å². The van der Waals surface area contributed by atoms with E-state index in [1.807, 2.05) is 0 Å². The minimum Gasteiger partial charge on any atom is -0.478 e. The summed E-state index contributed by atoms with van der Waals surface area (Å²) in [7, 11) is 0. The van der Waals surface area contributed by atoms with E-state index in [-0.39, 0.29) is 5.57 Å². The molecule has 2 unspecified atom stereocenters. The summed E-state index contributed by atoms with van der Waals surface area (Å²) in [5, 5.41) is 12.0. The van der Waals surface area contributed by atoms with Crippen LogP contribution in [0.2, 0.25) is 0 Å². The second-order valence-electron chi connectivity index (χ2n) is 4.90. The Morgan fingerprint density at radius 2 is 1.87 bits per heavy atom. The van der Waals surface area contributed by atoms with Gasteiger partial charge in [0, 0.05) is 18.2 Å². The standard InChI is InChI=1S/C12H21NO2/c1-8-4-9(2)6-11(5-8)13-7-10(3)12(14)15/h8-9,11,13H,3-7H2,1-2H3,(H,14,15). The molecule has 2 N–H and O–H groups in total. The van der Waals surface area contributed by atoms with E-state index in [2.05, 4.69) is 25.7 Å². The number of carbonyl (C=O) groups is 1. The van der Waals surface area contributed by atoms with Crippen molar-refractivity contribution < 1.29 is 9.90 Å². The van der Waals surface area contributed by atoms with E-state index in [1.54, 1.807) is 0 Å². The van der Waals surface area contributed by atoms with Crippen molar-refractivity contribution in [2.75, 3.05) is 6.54 Å². The number of hydrogen-bond donors (Lipinski definition) is 2. The first-order valence-electron chi connectivity index (χ1n) is 5.63. The third kappa shape index (κ3) is 4.04. The Hall–Kier alpha value is -0.830. The van der Waals surface area contributed by atoms with Crippen LogP contribution in [0.25, 0.3) is 0 Å². The fourth-order valence-electron chi connectivity index (χ4n) is 2.46. The molecule has 0 bridgehead atoms. The maximum Gasteiger partial charge on any atom is 0.332 e. The lowest BCUT2D eigenvalue weighted by atomic mass is 9.80. The lowest BCUT2D eigenvalue weighted by molar-refractivity contribution is -0.132. The highest BCUT2D eigenvalue weighted by Gasteiger charge is 2.23. The third-order valence-electron chi connectivity index (χ3n) is 3.09. The number of rotatable bonds is 4. The molecule has 2 atom stereocenters. The Balaban J connectivity index is 2.32. The van der Waals surface area contributed by atoms with Crippen LogP contribution in [0.4, 0.5) is 0 Å². The van der Waals surface area contributed by atoms with Gasteiger partial charge in [-0.2, -0.15) is 0 Å². The lowest BCUT2D eigenvalue weighted by Gasteiger charge is -2.32. The summed E-state index contributed by atoms with van der Waals surface area (Å²) in [5.74, 6) is 0.577. The van der Waals surface area contributed by atoms with E-state index in [1.165, 1.54) is 6.42 Å². The second kappa shape index (κ2) is 5.31. The van der Waals surface area contributed by atoms with Gasteiger partial charge in [-0.3, -0.25) is 0 Å². The molecule has 0 aliphatic heterocycles. The summed E-state index contributed by atoms with van der Waals surface area (Å²) in [6.45, 7) is 8.44. The molecular formula is C12H21NO2. The first-order valence-corrected chi connectivity index (χ1v) is 5.63. The molecule has 1 saturated carbocycles. The van der Waals surface area contributed by atoms with Gasteiger partial charge >= 0.3 is 5.97 Å². The van der Waals surface area contributed by atoms with E-state index < -0.39 is 5.97 Å². The van der Waals surface area contributed by atoms with E-state index >= 15 is 0 Å². The molecule has 0 saturated heterocycles. The maximum absolute atomic E-state index is 10.6. The molecule has 15 heavy (non-hydrogen) atoms. The summed E-state index contributed by atoms with van der Waals surface area (Å²) in [6, 6.07) is 0.458. The predicted octanol–water partition coefficient (Wildman–Crippen LogP) is 2.04. The highest BCUT2D eigenvalue weighted by molar-refractivity contribution is 5.86. The van der Waals surface area contributed by atoms with Crippen LogP contribution < -0.4 is 5.32 Å². The van der Waals surface area contributed by atoms with Crippen LogP contribution >= 0.6 is 0 Å². The summed E-state index contributed by atoms with van der Waals surface area (Å²) in [4.78, 5) is 10.6. The Labute approximate surface area is 91.6 Å². The average molecular weight is 211 g/mol. The van der Waals surface area contributed by atoms with Crippen molar-refractivity contribution in [1.82, 2.24) is 5.32 Å². The van der Waals surface area contributed by atoms with Crippen molar-refractivity contribution in [2.24, 2.45) is 11.8 Å². The Kier molecular flexibility index (Phi) is 4.33. The Morgan fingerprint density at radius 3 is 2.33 bits per heavy atom. The SMILES string of the molecule is C=C(CNC1CC(C)CC(C)C1)C(=O)O. The molecule has 1 aliphatic carbocycles. The van der Waals surface area contributed by atoms with Gasteiger partial charge in [-0.05, 0) is 31.1 Å². The summed E-state index contributed by atoms with van der Waals surface area (Å²) >= 11 is 0. The lowest BCUT2D eigenvalue weighted by Crippen LogP contribution is -2.37. The molecule has 1 aliphatic rings. The van der Waals surface area contributed by atoms with Crippen LogP contribution in [0.5, 0.6) is 0 Å². The molecule has 3 nitrogen and oxygen atoms in total. The zero-order valence-corrected chi connectivity index (χ0v) is 9.62. The first-order chi connectivity index (χ1) is 6.99. The topological polar surface area (TPSA) is 49.3 Å². The minimum absolute atomic E-state index is 0.251. The maximum atomic E-state index is 10.6. The predicted molar refractivity (Wildman–Crippen MR) is 60.7 cm³/mol. The van der Waals surface area contributed by atoms with E-state index in [4.69, 9.17) is 5.11 Å². The van der Waals surface area contributed by atoms with Gasteiger partial charge in [-0.1, -0.05) is 20.4 Å². The fraction of sp³-hybridized carbons (Fsp3) is 0.750. The molecule has 86 valence electrons. The smallest absolute Gasteiger partial charge is 0.332 e.